The highest BCUT2D eigenvalue weighted by Gasteiger charge is 2.29. The number of amides is 1. The molecule has 0 unspecified atom stereocenters. The average molecular weight is 399 g/mol. The number of aromatic amines is 1. The largest absolute Gasteiger partial charge is 0.337 e. The van der Waals surface area contributed by atoms with E-state index in [1.54, 1.807) is 0 Å². The lowest BCUT2D eigenvalue weighted by molar-refractivity contribution is 0.0697. The van der Waals surface area contributed by atoms with E-state index < -0.39 is 0 Å². The number of H-pyrrole nitrogens is 1. The van der Waals surface area contributed by atoms with E-state index in [-0.39, 0.29) is 11.8 Å². The highest BCUT2D eigenvalue weighted by molar-refractivity contribution is 5.93. The van der Waals surface area contributed by atoms with Crippen LogP contribution in [0.5, 0.6) is 0 Å². The number of benzene rings is 2. The average Bonchev–Trinajstić information content (AvgIpc) is 3.40. The highest BCUT2D eigenvalue weighted by Crippen LogP contribution is 2.29. The van der Waals surface area contributed by atoms with Crippen LogP contribution in [0.3, 0.4) is 0 Å². The second-order valence-corrected chi connectivity index (χ2v) is 8.14. The maximum atomic E-state index is 13.2. The van der Waals surface area contributed by atoms with E-state index in [0.717, 1.165) is 47.5 Å². The molecule has 4 aromatic rings. The van der Waals surface area contributed by atoms with Gasteiger partial charge in [0.05, 0.1) is 16.7 Å². The topological polar surface area (TPSA) is 66.8 Å². The number of piperidine rings is 1. The molecule has 6 nitrogen and oxygen atoms in total. The third-order valence-electron chi connectivity index (χ3n) is 6.05. The van der Waals surface area contributed by atoms with Crippen molar-refractivity contribution in [2.75, 3.05) is 13.1 Å². The first kappa shape index (κ1) is 18.6. The number of para-hydroxylation sites is 2. The molecular weight excluding hydrogens is 374 g/mol. The SMILES string of the molecule is Cc1ccc(-c2cc(C(=O)N3CCC[C@@H](c4nc5ccccc5n4C)C3)[nH]n2)cc1. The second-order valence-electron chi connectivity index (χ2n) is 8.14. The summed E-state index contributed by atoms with van der Waals surface area (Å²) >= 11 is 0. The summed E-state index contributed by atoms with van der Waals surface area (Å²) in [5, 5.41) is 7.30. The maximum absolute atomic E-state index is 13.2. The summed E-state index contributed by atoms with van der Waals surface area (Å²) in [4.78, 5) is 19.9. The van der Waals surface area contributed by atoms with Crippen molar-refractivity contribution in [1.82, 2.24) is 24.6 Å². The van der Waals surface area contributed by atoms with E-state index in [1.807, 2.05) is 41.3 Å². The Labute approximate surface area is 175 Å². The quantitative estimate of drug-likeness (QED) is 0.559. The van der Waals surface area contributed by atoms with E-state index >= 15 is 0 Å². The molecule has 0 radical (unpaired) electrons. The van der Waals surface area contributed by atoms with Crippen molar-refractivity contribution in [1.29, 1.82) is 0 Å². The van der Waals surface area contributed by atoms with Crippen LogP contribution < -0.4 is 0 Å². The predicted molar refractivity (Wildman–Crippen MR) is 117 cm³/mol. The normalized spacial score (nSPS) is 16.9. The molecule has 6 heteroatoms. The van der Waals surface area contributed by atoms with Crippen molar-refractivity contribution >= 4 is 16.9 Å². The van der Waals surface area contributed by atoms with E-state index in [2.05, 4.69) is 46.9 Å². The zero-order valence-corrected chi connectivity index (χ0v) is 17.3. The van der Waals surface area contributed by atoms with E-state index in [9.17, 15) is 4.79 Å². The van der Waals surface area contributed by atoms with Crippen molar-refractivity contribution in [3.63, 3.8) is 0 Å². The van der Waals surface area contributed by atoms with E-state index in [4.69, 9.17) is 4.98 Å². The number of likely N-dealkylation sites (tertiary alicyclic amines) is 1. The van der Waals surface area contributed by atoms with Gasteiger partial charge in [0.25, 0.3) is 5.91 Å². The van der Waals surface area contributed by atoms with Crippen LogP contribution in [0, 0.1) is 6.92 Å². The fraction of sp³-hybridized carbons (Fsp3) is 0.292. The van der Waals surface area contributed by atoms with Gasteiger partial charge in [0.2, 0.25) is 0 Å². The molecule has 1 saturated heterocycles. The van der Waals surface area contributed by atoms with Crippen molar-refractivity contribution in [3.8, 4) is 11.3 Å². The Morgan fingerprint density at radius 3 is 2.73 bits per heavy atom. The zero-order chi connectivity index (χ0) is 20.7. The third-order valence-corrected chi connectivity index (χ3v) is 6.05. The standard InChI is InChI=1S/C24H25N5O/c1-16-9-11-17(12-10-16)20-14-21(27-26-20)24(30)29-13-5-6-18(15-29)23-25-19-7-3-4-8-22(19)28(23)2/h3-4,7-12,14,18H,5-6,13,15H2,1-2H3,(H,26,27)/t18-/m1/s1. The first-order valence-corrected chi connectivity index (χ1v) is 10.4. The van der Waals surface area contributed by atoms with Gasteiger partial charge in [0.15, 0.2) is 0 Å². The van der Waals surface area contributed by atoms with Crippen LogP contribution in [0.4, 0.5) is 0 Å². The number of aromatic nitrogens is 4. The van der Waals surface area contributed by atoms with Crippen molar-refractivity contribution in [2.24, 2.45) is 7.05 Å². The molecule has 152 valence electrons. The second kappa shape index (κ2) is 7.44. The van der Waals surface area contributed by atoms with Gasteiger partial charge in [-0.2, -0.15) is 5.10 Å². The molecule has 0 spiro atoms. The molecule has 1 aliphatic rings. The lowest BCUT2D eigenvalue weighted by atomic mass is 9.97. The Hall–Kier alpha value is -3.41. The molecular formula is C24H25N5O. The number of hydrogen-bond donors (Lipinski definition) is 1. The number of nitrogens with zero attached hydrogens (tertiary/aromatic N) is 4. The van der Waals surface area contributed by atoms with E-state index in [1.165, 1.54) is 5.56 Å². The Balaban J connectivity index is 1.36. The monoisotopic (exact) mass is 399 g/mol. The first-order valence-electron chi connectivity index (χ1n) is 10.4. The molecule has 1 aliphatic heterocycles. The summed E-state index contributed by atoms with van der Waals surface area (Å²) in [6, 6.07) is 18.2. The third kappa shape index (κ3) is 3.28. The van der Waals surface area contributed by atoms with Gasteiger partial charge in [0.1, 0.15) is 11.5 Å². The molecule has 1 N–H and O–H groups in total. The van der Waals surface area contributed by atoms with Crippen LogP contribution in [-0.4, -0.2) is 43.6 Å². The number of carbonyl (C=O) groups excluding carboxylic acids is 1. The summed E-state index contributed by atoms with van der Waals surface area (Å²) in [5.74, 6) is 1.29. The van der Waals surface area contributed by atoms with Crippen molar-refractivity contribution in [2.45, 2.75) is 25.7 Å². The minimum Gasteiger partial charge on any atom is -0.337 e. The molecule has 3 heterocycles. The molecule has 0 aliphatic carbocycles. The van der Waals surface area contributed by atoms with Gasteiger partial charge in [-0.15, -0.1) is 0 Å². The van der Waals surface area contributed by atoms with Crippen LogP contribution >= 0.6 is 0 Å². The van der Waals surface area contributed by atoms with Gasteiger partial charge < -0.3 is 9.47 Å². The number of nitrogens with one attached hydrogen (secondary N) is 1. The van der Waals surface area contributed by atoms with Gasteiger partial charge >= 0.3 is 0 Å². The minimum absolute atomic E-state index is 0.00401. The molecule has 0 bridgehead atoms. The van der Waals surface area contributed by atoms with Crippen LogP contribution in [-0.2, 0) is 7.05 Å². The molecule has 30 heavy (non-hydrogen) atoms. The minimum atomic E-state index is 0.00401. The molecule has 1 fully saturated rings. The maximum Gasteiger partial charge on any atom is 0.271 e. The summed E-state index contributed by atoms with van der Waals surface area (Å²) in [7, 11) is 2.06. The number of hydrogen-bond acceptors (Lipinski definition) is 3. The summed E-state index contributed by atoms with van der Waals surface area (Å²) in [5.41, 5.74) is 5.68. The van der Waals surface area contributed by atoms with Gasteiger partial charge in [-0.05, 0) is 38.0 Å². The predicted octanol–water partition coefficient (Wildman–Crippen LogP) is 4.29. The number of carbonyl (C=O) groups is 1. The van der Waals surface area contributed by atoms with Crippen molar-refractivity contribution < 1.29 is 4.79 Å². The highest BCUT2D eigenvalue weighted by atomic mass is 16.2. The number of fused-ring (bicyclic) bond motifs is 1. The molecule has 0 saturated carbocycles. The molecule has 2 aromatic heterocycles. The number of imidazole rings is 1. The van der Waals surface area contributed by atoms with Gasteiger partial charge in [-0.25, -0.2) is 4.98 Å². The Morgan fingerprint density at radius 1 is 1.13 bits per heavy atom. The summed E-state index contributed by atoms with van der Waals surface area (Å²) in [6.45, 7) is 3.49. The van der Waals surface area contributed by atoms with Crippen molar-refractivity contribution in [3.05, 3.63) is 71.7 Å². The lowest BCUT2D eigenvalue weighted by Gasteiger charge is -2.32. The molecule has 2 aromatic carbocycles. The zero-order valence-electron chi connectivity index (χ0n) is 17.3. The molecule has 5 rings (SSSR count). The number of rotatable bonds is 3. The smallest absolute Gasteiger partial charge is 0.271 e. The molecule has 1 atom stereocenters. The Bertz CT molecular complexity index is 1200. The summed E-state index contributed by atoms with van der Waals surface area (Å²) in [6.07, 6.45) is 2.01. The molecule has 1 amide bonds. The van der Waals surface area contributed by atoms with Crippen LogP contribution in [0.2, 0.25) is 0 Å². The van der Waals surface area contributed by atoms with Gasteiger partial charge in [0, 0.05) is 31.6 Å². The first-order chi connectivity index (χ1) is 14.6. The van der Waals surface area contributed by atoms with Crippen LogP contribution in [0.15, 0.2) is 54.6 Å². The lowest BCUT2D eigenvalue weighted by Crippen LogP contribution is -2.39. The van der Waals surface area contributed by atoms with Crippen LogP contribution in [0.25, 0.3) is 22.3 Å². The van der Waals surface area contributed by atoms with Gasteiger partial charge in [-0.1, -0.05) is 42.0 Å². The fourth-order valence-electron chi connectivity index (χ4n) is 4.38. The van der Waals surface area contributed by atoms with Gasteiger partial charge in [-0.3, -0.25) is 9.89 Å². The summed E-state index contributed by atoms with van der Waals surface area (Å²) < 4.78 is 2.17. The van der Waals surface area contributed by atoms with Crippen LogP contribution in [0.1, 0.15) is 40.6 Å². The number of aryl methyl sites for hydroxylation is 2. The Morgan fingerprint density at radius 2 is 1.93 bits per heavy atom. The Kier molecular flexibility index (Phi) is 4.62. The van der Waals surface area contributed by atoms with E-state index in [0.29, 0.717) is 12.2 Å². The fourth-order valence-corrected chi connectivity index (χ4v) is 4.38.